The molecule has 1 amide bonds. The van der Waals surface area contributed by atoms with Gasteiger partial charge in [-0.15, -0.1) is 11.3 Å². The van der Waals surface area contributed by atoms with Crippen molar-refractivity contribution in [2.24, 2.45) is 0 Å². The zero-order valence-corrected chi connectivity index (χ0v) is 14.6. The van der Waals surface area contributed by atoms with Crippen molar-refractivity contribution >= 4 is 27.5 Å². The maximum absolute atomic E-state index is 12.5. The Labute approximate surface area is 150 Å². The van der Waals surface area contributed by atoms with Crippen molar-refractivity contribution < 1.29 is 9.53 Å². The lowest BCUT2D eigenvalue weighted by atomic mass is 10.2. The Morgan fingerprint density at radius 1 is 1.20 bits per heavy atom. The van der Waals surface area contributed by atoms with E-state index in [1.807, 2.05) is 30.3 Å². The highest BCUT2D eigenvalue weighted by Gasteiger charge is 2.27. The highest BCUT2D eigenvalue weighted by Crippen LogP contribution is 2.37. The van der Waals surface area contributed by atoms with Crippen molar-refractivity contribution in [1.29, 1.82) is 0 Å². The van der Waals surface area contributed by atoms with Crippen molar-refractivity contribution in [1.82, 2.24) is 15.3 Å². The predicted molar refractivity (Wildman–Crippen MR) is 98.2 cm³/mol. The summed E-state index contributed by atoms with van der Waals surface area (Å²) in [6, 6.07) is 10.1. The number of carbonyl (C=O) groups excluding carboxylic acids is 1. The zero-order chi connectivity index (χ0) is 17.1. The van der Waals surface area contributed by atoms with E-state index in [4.69, 9.17) is 4.74 Å². The highest BCUT2D eigenvalue weighted by atomic mass is 32.1. The largest absolute Gasteiger partial charge is 0.491 e. The molecule has 6 heteroatoms. The molecule has 0 spiro atoms. The molecule has 0 saturated heterocycles. The summed E-state index contributed by atoms with van der Waals surface area (Å²) in [6.45, 7) is 0.543. The first kappa shape index (κ1) is 16.0. The molecule has 0 aliphatic heterocycles. The minimum atomic E-state index is -0.0507. The average Bonchev–Trinajstić information content (AvgIpc) is 3.38. The number of hydrogen-bond acceptors (Lipinski definition) is 5. The van der Waals surface area contributed by atoms with E-state index in [9.17, 15) is 4.79 Å². The van der Waals surface area contributed by atoms with Crippen LogP contribution < -0.4 is 10.1 Å². The molecule has 1 fully saturated rings. The quantitative estimate of drug-likeness (QED) is 0.659. The third kappa shape index (κ3) is 3.79. The summed E-state index contributed by atoms with van der Waals surface area (Å²) in [4.78, 5) is 22.7. The van der Waals surface area contributed by atoms with Gasteiger partial charge in [-0.2, -0.15) is 0 Å². The van der Waals surface area contributed by atoms with Crippen LogP contribution >= 0.6 is 11.3 Å². The Morgan fingerprint density at radius 2 is 2.08 bits per heavy atom. The Morgan fingerprint density at radius 3 is 2.88 bits per heavy atom. The van der Waals surface area contributed by atoms with Gasteiger partial charge in [0, 0.05) is 24.1 Å². The summed E-state index contributed by atoms with van der Waals surface area (Å²) >= 11 is 1.40. The van der Waals surface area contributed by atoms with E-state index in [0.29, 0.717) is 23.3 Å². The SMILES string of the molecule is O=C(NC1CC1)c1sc2ncccc2c1OCCCc1ccccn1. The number of carbonyl (C=O) groups is 1. The molecule has 0 unspecified atom stereocenters. The fraction of sp³-hybridized carbons (Fsp3) is 0.316. The molecule has 0 aromatic carbocycles. The summed E-state index contributed by atoms with van der Waals surface area (Å²) in [6.07, 6.45) is 7.37. The molecule has 1 aliphatic carbocycles. The van der Waals surface area contributed by atoms with Gasteiger partial charge in [0.15, 0.2) is 5.75 Å². The number of aromatic nitrogens is 2. The number of rotatable bonds is 7. The summed E-state index contributed by atoms with van der Waals surface area (Å²) in [7, 11) is 0. The summed E-state index contributed by atoms with van der Waals surface area (Å²) in [5, 5.41) is 3.95. The van der Waals surface area contributed by atoms with Crippen LogP contribution in [0.25, 0.3) is 10.2 Å². The lowest BCUT2D eigenvalue weighted by molar-refractivity contribution is 0.0951. The van der Waals surface area contributed by atoms with Crippen molar-refractivity contribution in [2.75, 3.05) is 6.61 Å². The molecule has 0 radical (unpaired) electrons. The third-order valence-corrected chi connectivity index (χ3v) is 5.18. The van der Waals surface area contributed by atoms with Crippen molar-refractivity contribution in [3.8, 4) is 5.75 Å². The topological polar surface area (TPSA) is 64.1 Å². The molecule has 1 saturated carbocycles. The molecule has 128 valence electrons. The minimum Gasteiger partial charge on any atom is -0.491 e. The number of ether oxygens (including phenoxy) is 1. The highest BCUT2D eigenvalue weighted by molar-refractivity contribution is 7.20. The molecule has 25 heavy (non-hydrogen) atoms. The van der Waals surface area contributed by atoms with E-state index in [0.717, 1.165) is 41.6 Å². The van der Waals surface area contributed by atoms with Gasteiger partial charge in [-0.3, -0.25) is 9.78 Å². The number of amides is 1. The Kier molecular flexibility index (Phi) is 4.61. The summed E-state index contributed by atoms with van der Waals surface area (Å²) in [5.74, 6) is 0.609. The number of nitrogens with zero attached hydrogens (tertiary/aromatic N) is 2. The van der Waals surface area contributed by atoms with E-state index in [1.165, 1.54) is 11.3 Å². The lowest BCUT2D eigenvalue weighted by Gasteiger charge is -2.08. The number of aryl methyl sites for hydroxylation is 1. The second kappa shape index (κ2) is 7.19. The lowest BCUT2D eigenvalue weighted by Crippen LogP contribution is -2.25. The van der Waals surface area contributed by atoms with E-state index in [2.05, 4.69) is 15.3 Å². The van der Waals surface area contributed by atoms with Gasteiger partial charge in [-0.05, 0) is 49.9 Å². The smallest absolute Gasteiger partial charge is 0.265 e. The van der Waals surface area contributed by atoms with Crippen LogP contribution in [-0.2, 0) is 6.42 Å². The summed E-state index contributed by atoms with van der Waals surface area (Å²) < 4.78 is 6.02. The number of thiophene rings is 1. The average molecular weight is 353 g/mol. The van der Waals surface area contributed by atoms with Gasteiger partial charge in [0.05, 0.1) is 12.0 Å². The first-order valence-corrected chi connectivity index (χ1v) is 9.34. The van der Waals surface area contributed by atoms with Crippen LogP contribution in [0, 0.1) is 0 Å². The van der Waals surface area contributed by atoms with E-state index < -0.39 is 0 Å². The van der Waals surface area contributed by atoms with Crippen molar-refractivity contribution in [2.45, 2.75) is 31.7 Å². The Hall–Kier alpha value is -2.47. The maximum atomic E-state index is 12.5. The van der Waals surface area contributed by atoms with Gasteiger partial charge in [-0.25, -0.2) is 4.98 Å². The standard InChI is InChI=1S/C19H19N3O2S/c23-18(22-14-8-9-14)17-16(15-7-3-11-21-19(15)25-17)24-12-4-6-13-5-1-2-10-20-13/h1-3,5,7,10-11,14H,4,6,8-9,12H2,(H,22,23). The molecule has 1 N–H and O–H groups in total. The fourth-order valence-corrected chi connectivity index (χ4v) is 3.65. The van der Waals surface area contributed by atoms with Crippen LogP contribution in [0.5, 0.6) is 5.75 Å². The number of nitrogens with one attached hydrogen (secondary N) is 1. The van der Waals surface area contributed by atoms with Crippen LogP contribution in [0.3, 0.4) is 0 Å². The van der Waals surface area contributed by atoms with Crippen LogP contribution in [0.1, 0.15) is 34.6 Å². The molecule has 3 heterocycles. The van der Waals surface area contributed by atoms with Gasteiger partial charge in [0.1, 0.15) is 9.71 Å². The zero-order valence-electron chi connectivity index (χ0n) is 13.8. The maximum Gasteiger partial charge on any atom is 0.265 e. The number of hydrogen-bond donors (Lipinski definition) is 1. The third-order valence-electron chi connectivity index (χ3n) is 4.09. The van der Waals surface area contributed by atoms with Gasteiger partial charge < -0.3 is 10.1 Å². The normalized spacial score (nSPS) is 13.8. The fourth-order valence-electron chi connectivity index (χ4n) is 2.66. The molecule has 3 aromatic heterocycles. The molecule has 1 aliphatic rings. The molecule has 0 bridgehead atoms. The molecular formula is C19H19N3O2S. The Balaban J connectivity index is 1.47. The van der Waals surface area contributed by atoms with Crippen molar-refractivity contribution in [3.63, 3.8) is 0 Å². The van der Waals surface area contributed by atoms with E-state index in [1.54, 1.807) is 12.4 Å². The first-order valence-electron chi connectivity index (χ1n) is 8.52. The molecular weight excluding hydrogens is 334 g/mol. The molecule has 0 atom stereocenters. The second-order valence-corrected chi connectivity index (χ2v) is 7.14. The first-order chi connectivity index (χ1) is 12.3. The predicted octanol–water partition coefficient (Wildman–Crippen LogP) is 3.60. The second-order valence-electron chi connectivity index (χ2n) is 6.14. The number of fused-ring (bicyclic) bond motifs is 1. The monoisotopic (exact) mass is 353 g/mol. The van der Waals surface area contributed by atoms with Gasteiger partial charge >= 0.3 is 0 Å². The van der Waals surface area contributed by atoms with Gasteiger partial charge in [0.2, 0.25) is 0 Å². The minimum absolute atomic E-state index is 0.0507. The molecule has 4 rings (SSSR count). The summed E-state index contributed by atoms with van der Waals surface area (Å²) in [5.41, 5.74) is 1.05. The number of pyridine rings is 2. The van der Waals surface area contributed by atoms with Gasteiger partial charge in [0.25, 0.3) is 5.91 Å². The van der Waals surface area contributed by atoms with Crippen LogP contribution in [-0.4, -0.2) is 28.5 Å². The Bertz CT molecular complexity index is 875. The van der Waals surface area contributed by atoms with E-state index in [-0.39, 0.29) is 5.91 Å². The van der Waals surface area contributed by atoms with Crippen molar-refractivity contribution in [3.05, 3.63) is 53.3 Å². The van der Waals surface area contributed by atoms with Crippen LogP contribution in [0.15, 0.2) is 42.7 Å². The molecule has 5 nitrogen and oxygen atoms in total. The molecule has 3 aromatic rings. The van der Waals surface area contributed by atoms with Crippen LogP contribution in [0.2, 0.25) is 0 Å². The van der Waals surface area contributed by atoms with Gasteiger partial charge in [-0.1, -0.05) is 6.07 Å². The van der Waals surface area contributed by atoms with E-state index >= 15 is 0 Å². The van der Waals surface area contributed by atoms with Crippen LogP contribution in [0.4, 0.5) is 0 Å².